The van der Waals surface area contributed by atoms with Crippen molar-refractivity contribution in [2.24, 2.45) is 7.05 Å². The maximum atomic E-state index is 16.0. The Hall–Kier alpha value is -6.44. The number of ether oxygens (including phenoxy) is 1. The van der Waals surface area contributed by atoms with Gasteiger partial charge in [-0.25, -0.2) is 19.0 Å². The van der Waals surface area contributed by atoms with Gasteiger partial charge in [-0.15, -0.1) is 0 Å². The molecule has 14 heteroatoms. The van der Waals surface area contributed by atoms with E-state index in [-0.39, 0.29) is 29.4 Å². The summed E-state index contributed by atoms with van der Waals surface area (Å²) < 4.78 is 26.2. The normalized spacial score (nSPS) is 15.6. The number of halogens is 1. The van der Waals surface area contributed by atoms with Crippen molar-refractivity contribution in [3.63, 3.8) is 0 Å². The molecular weight excluding hydrogens is 714 g/mol. The molecule has 56 heavy (non-hydrogen) atoms. The summed E-state index contributed by atoms with van der Waals surface area (Å²) in [6.07, 6.45) is 5.56. The molecule has 2 amide bonds. The number of aryl methyl sites for hydroxylation is 1. The van der Waals surface area contributed by atoms with Crippen LogP contribution in [0.5, 0.6) is 0 Å². The van der Waals surface area contributed by atoms with Crippen LogP contribution in [-0.4, -0.2) is 67.1 Å². The van der Waals surface area contributed by atoms with Crippen molar-refractivity contribution in [3.8, 4) is 22.4 Å². The number of fused-ring (bicyclic) bond motifs is 4. The van der Waals surface area contributed by atoms with Crippen LogP contribution in [0.2, 0.25) is 0 Å². The van der Waals surface area contributed by atoms with Crippen molar-refractivity contribution in [1.82, 2.24) is 39.5 Å². The summed E-state index contributed by atoms with van der Waals surface area (Å²) in [6.45, 7) is 5.18. The molecule has 4 aromatic heterocycles. The number of hydrogen-bond donors (Lipinski definition) is 4. The predicted molar refractivity (Wildman–Crippen MR) is 215 cm³/mol. The number of amides is 2. The highest BCUT2D eigenvalue weighted by Gasteiger charge is 2.32. The number of nitrogens with zero attached hydrogens (tertiary/aromatic N) is 5. The number of nitrogens with one attached hydrogen (secondary N) is 4. The van der Waals surface area contributed by atoms with Gasteiger partial charge >= 0.3 is 11.8 Å². The first-order chi connectivity index (χ1) is 27.1. The van der Waals surface area contributed by atoms with Crippen molar-refractivity contribution < 1.29 is 18.7 Å². The molecule has 2 atom stereocenters. The summed E-state index contributed by atoms with van der Waals surface area (Å²) in [5.41, 5.74) is 6.23. The zero-order valence-corrected chi connectivity index (χ0v) is 31.7. The fourth-order valence-electron chi connectivity index (χ4n) is 8.02. The SMILES string of the molecule is COC(=O)N[C@@H]1CC[C@@H](n2c(=O)n(C)c3cnc4[nH]c(-c5ccc(C(=O)NCCCNc6ccccc6)c(F)c5)c(-c5ccc6c(cnn6C(C)C)c5)c4c32)C1. The minimum atomic E-state index is -0.662. The molecule has 3 aromatic carbocycles. The van der Waals surface area contributed by atoms with Gasteiger partial charge in [-0.05, 0) is 81.5 Å². The minimum absolute atomic E-state index is 0.0567. The number of carbonyl (C=O) groups excluding carboxylic acids is 2. The van der Waals surface area contributed by atoms with Crippen LogP contribution in [0.15, 0.2) is 83.9 Å². The van der Waals surface area contributed by atoms with Gasteiger partial charge in [0.1, 0.15) is 11.5 Å². The Morgan fingerprint density at radius 2 is 1.80 bits per heavy atom. The molecule has 1 aliphatic rings. The average Bonchev–Trinajstić information content (AvgIpc) is 3.98. The van der Waals surface area contributed by atoms with E-state index in [1.807, 2.05) is 64.0 Å². The molecule has 8 rings (SSSR count). The van der Waals surface area contributed by atoms with Crippen molar-refractivity contribution in [3.05, 3.63) is 101 Å². The largest absolute Gasteiger partial charge is 0.453 e. The third-order valence-corrected chi connectivity index (χ3v) is 10.8. The summed E-state index contributed by atoms with van der Waals surface area (Å²) in [7, 11) is 3.06. The quantitative estimate of drug-likeness (QED) is 0.101. The monoisotopic (exact) mass is 757 g/mol. The van der Waals surface area contributed by atoms with Crippen LogP contribution >= 0.6 is 0 Å². The number of anilines is 1. The Kier molecular flexibility index (Phi) is 9.79. The van der Waals surface area contributed by atoms with Gasteiger partial charge < -0.3 is 25.7 Å². The Labute approximate surface area is 321 Å². The zero-order chi connectivity index (χ0) is 39.1. The second-order valence-corrected chi connectivity index (χ2v) is 14.7. The van der Waals surface area contributed by atoms with Crippen LogP contribution in [0.1, 0.15) is 62.0 Å². The smallest absolute Gasteiger partial charge is 0.407 e. The third-order valence-electron chi connectivity index (χ3n) is 10.8. The molecule has 0 saturated heterocycles. The van der Waals surface area contributed by atoms with Crippen LogP contribution in [0, 0.1) is 5.82 Å². The first-order valence-corrected chi connectivity index (χ1v) is 18.9. The van der Waals surface area contributed by atoms with Gasteiger partial charge in [0.25, 0.3) is 5.91 Å². The van der Waals surface area contributed by atoms with E-state index in [2.05, 4.69) is 39.9 Å². The van der Waals surface area contributed by atoms with E-state index in [0.717, 1.165) is 27.7 Å². The van der Waals surface area contributed by atoms with Crippen LogP contribution in [0.4, 0.5) is 14.9 Å². The number of pyridine rings is 1. The minimum Gasteiger partial charge on any atom is -0.453 e. The fraction of sp³-hybridized carbons (Fsp3) is 0.310. The number of rotatable bonds is 11. The Balaban J connectivity index is 1.20. The number of H-pyrrole nitrogens is 1. The van der Waals surface area contributed by atoms with Gasteiger partial charge in [-0.2, -0.15) is 5.10 Å². The van der Waals surface area contributed by atoms with E-state index < -0.39 is 17.8 Å². The summed E-state index contributed by atoms with van der Waals surface area (Å²) >= 11 is 0. The molecule has 0 aliphatic heterocycles. The first kappa shape index (κ1) is 36.5. The number of benzene rings is 3. The number of methoxy groups -OCH3 is 1. The standard InChI is InChI=1S/C42H44FN9O4/c1-24(2)52-33-16-12-25(19-27(33)22-47-52)35-36-38-34(50(3)42(55)51(38)30-14-13-29(21-30)48-41(54)56-4)23-46-39(36)49-37(35)26-11-15-31(32(43)20-26)40(53)45-18-8-17-44-28-9-6-5-7-10-28/h5-7,9-12,15-16,19-20,22-24,29-30,44H,8,13-14,17-18,21H2,1-4H3,(H,45,53)(H,46,49)(H,48,54)/t29-,30-/m1/s1. The van der Waals surface area contributed by atoms with E-state index in [4.69, 9.17) is 9.72 Å². The van der Waals surface area contributed by atoms with Crippen molar-refractivity contribution in [1.29, 1.82) is 0 Å². The number of aromatic amines is 1. The summed E-state index contributed by atoms with van der Waals surface area (Å²) in [4.78, 5) is 47.5. The molecule has 0 unspecified atom stereocenters. The molecule has 0 spiro atoms. The van der Waals surface area contributed by atoms with Gasteiger partial charge in [-0.1, -0.05) is 30.3 Å². The van der Waals surface area contributed by atoms with Crippen LogP contribution in [0.3, 0.4) is 0 Å². The molecule has 288 valence electrons. The van der Waals surface area contributed by atoms with Crippen LogP contribution in [0.25, 0.3) is 55.4 Å². The highest BCUT2D eigenvalue weighted by Crippen LogP contribution is 2.43. The van der Waals surface area contributed by atoms with Gasteiger partial charge in [-0.3, -0.25) is 18.6 Å². The molecule has 1 aliphatic carbocycles. The Bertz CT molecular complexity index is 2660. The lowest BCUT2D eigenvalue weighted by Gasteiger charge is -2.15. The molecular formula is C42H44FN9O4. The number of alkyl carbamates (subject to hydrolysis) is 1. The van der Waals surface area contributed by atoms with E-state index in [9.17, 15) is 14.4 Å². The molecule has 0 bridgehead atoms. The summed E-state index contributed by atoms with van der Waals surface area (Å²) in [6, 6.07) is 20.3. The van der Waals surface area contributed by atoms with Gasteiger partial charge in [0, 0.05) is 60.5 Å². The highest BCUT2D eigenvalue weighted by molar-refractivity contribution is 6.15. The van der Waals surface area contributed by atoms with Crippen molar-refractivity contribution in [2.45, 2.75) is 57.7 Å². The van der Waals surface area contributed by atoms with E-state index in [0.29, 0.717) is 72.1 Å². The van der Waals surface area contributed by atoms with Crippen molar-refractivity contribution in [2.75, 3.05) is 25.5 Å². The third kappa shape index (κ3) is 6.65. The maximum Gasteiger partial charge on any atom is 0.407 e. The number of carbonyl (C=O) groups is 2. The second-order valence-electron chi connectivity index (χ2n) is 14.7. The molecule has 13 nitrogen and oxygen atoms in total. The zero-order valence-electron chi connectivity index (χ0n) is 31.7. The van der Waals surface area contributed by atoms with E-state index in [1.165, 1.54) is 19.2 Å². The molecule has 1 saturated carbocycles. The fourth-order valence-corrected chi connectivity index (χ4v) is 8.02. The number of para-hydroxylation sites is 1. The predicted octanol–water partition coefficient (Wildman–Crippen LogP) is 7.30. The Morgan fingerprint density at radius 3 is 2.57 bits per heavy atom. The highest BCUT2D eigenvalue weighted by atomic mass is 19.1. The maximum absolute atomic E-state index is 16.0. The van der Waals surface area contributed by atoms with Crippen LogP contribution < -0.4 is 21.6 Å². The van der Waals surface area contributed by atoms with Gasteiger partial charge in [0.2, 0.25) is 0 Å². The number of imidazole rings is 1. The topological polar surface area (TPSA) is 153 Å². The second kappa shape index (κ2) is 15.0. The average molecular weight is 758 g/mol. The molecule has 4 N–H and O–H groups in total. The van der Waals surface area contributed by atoms with Gasteiger partial charge in [0.15, 0.2) is 0 Å². The summed E-state index contributed by atoms with van der Waals surface area (Å²) in [5.74, 6) is -1.16. The molecule has 1 fully saturated rings. The Morgan fingerprint density at radius 1 is 1.00 bits per heavy atom. The lowest BCUT2D eigenvalue weighted by atomic mass is 9.96. The molecule has 7 aromatic rings. The number of aromatic nitrogens is 6. The van der Waals surface area contributed by atoms with Gasteiger partial charge in [0.05, 0.1) is 52.7 Å². The molecule has 4 heterocycles. The van der Waals surface area contributed by atoms with E-state index in [1.54, 1.807) is 23.9 Å². The van der Waals surface area contributed by atoms with Crippen molar-refractivity contribution >= 4 is 50.7 Å². The summed E-state index contributed by atoms with van der Waals surface area (Å²) in [5, 5.41) is 15.3. The lowest BCUT2D eigenvalue weighted by Crippen LogP contribution is -2.33. The number of hydrogen-bond acceptors (Lipinski definition) is 7. The lowest BCUT2D eigenvalue weighted by molar-refractivity contribution is 0.0949. The van der Waals surface area contributed by atoms with E-state index >= 15 is 4.39 Å². The first-order valence-electron chi connectivity index (χ1n) is 18.9. The molecule has 0 radical (unpaired) electrons. The van der Waals surface area contributed by atoms with Crippen LogP contribution in [-0.2, 0) is 11.8 Å².